The molecule has 30 heavy (non-hydrogen) atoms. The van der Waals surface area contributed by atoms with Gasteiger partial charge in [-0.2, -0.15) is 0 Å². The zero-order valence-electron chi connectivity index (χ0n) is 17.0. The molecule has 4 rings (SSSR count). The van der Waals surface area contributed by atoms with E-state index in [0.717, 1.165) is 24.2 Å². The average Bonchev–Trinajstić information content (AvgIpc) is 3.14. The molecule has 0 aromatic heterocycles. The fourth-order valence-electron chi connectivity index (χ4n) is 4.02. The second kappa shape index (κ2) is 10.2. The predicted octanol–water partition coefficient (Wildman–Crippen LogP) is 2.77. The zero-order valence-corrected chi connectivity index (χ0v) is 18.7. The number of hydrogen-bond donors (Lipinski definition) is 1. The van der Waals surface area contributed by atoms with Crippen molar-refractivity contribution >= 4 is 48.0 Å². The molecule has 6 nitrogen and oxygen atoms in total. The van der Waals surface area contributed by atoms with E-state index in [2.05, 4.69) is 11.0 Å². The van der Waals surface area contributed by atoms with Crippen LogP contribution in [0.25, 0.3) is 0 Å². The quantitative estimate of drug-likeness (QED) is 0.729. The Morgan fingerprint density at radius 2 is 1.67 bits per heavy atom. The van der Waals surface area contributed by atoms with E-state index >= 15 is 0 Å². The van der Waals surface area contributed by atoms with Crippen LogP contribution in [0.4, 0.5) is 11.4 Å². The Labute approximate surface area is 189 Å². The van der Waals surface area contributed by atoms with Crippen molar-refractivity contribution in [2.45, 2.75) is 13.3 Å². The first kappa shape index (κ1) is 24.0. The van der Waals surface area contributed by atoms with Crippen molar-refractivity contribution in [3.63, 3.8) is 0 Å². The van der Waals surface area contributed by atoms with Gasteiger partial charge in [-0.05, 0) is 42.7 Å². The van der Waals surface area contributed by atoms with Crippen LogP contribution in [-0.2, 0) is 11.2 Å². The summed E-state index contributed by atoms with van der Waals surface area (Å²) >= 11 is 0. The first-order valence-electron chi connectivity index (χ1n) is 9.79. The molecule has 0 spiro atoms. The first-order valence-corrected chi connectivity index (χ1v) is 9.79. The van der Waals surface area contributed by atoms with E-state index in [1.165, 1.54) is 5.56 Å². The van der Waals surface area contributed by atoms with E-state index in [1.807, 2.05) is 47.1 Å². The summed E-state index contributed by atoms with van der Waals surface area (Å²) in [6.07, 6.45) is 0.920. The monoisotopic (exact) mass is 450 g/mol. The number of aryl methyl sites for hydroxylation is 1. The number of carbonyl (C=O) groups is 2. The van der Waals surface area contributed by atoms with Crippen molar-refractivity contribution in [1.82, 2.24) is 9.80 Å². The van der Waals surface area contributed by atoms with Crippen LogP contribution in [0, 0.1) is 6.92 Å². The number of carbonyl (C=O) groups excluding carboxylic acids is 2. The number of rotatable bonds is 3. The molecular weight excluding hydrogens is 423 g/mol. The molecule has 2 aliphatic rings. The number of nitrogens with zero attached hydrogens (tertiary/aromatic N) is 3. The van der Waals surface area contributed by atoms with Crippen molar-refractivity contribution in [1.29, 1.82) is 0 Å². The highest BCUT2D eigenvalue weighted by atomic mass is 35.5. The lowest BCUT2D eigenvalue weighted by molar-refractivity contribution is -0.120. The number of nitrogens with two attached hydrogens (primary N) is 1. The van der Waals surface area contributed by atoms with Gasteiger partial charge in [0, 0.05) is 49.7 Å². The average molecular weight is 451 g/mol. The maximum Gasteiger partial charge on any atom is 0.254 e. The smallest absolute Gasteiger partial charge is 0.254 e. The highest BCUT2D eigenvalue weighted by molar-refractivity contribution is 5.97. The zero-order chi connectivity index (χ0) is 19.7. The Hall–Kier alpha value is -2.28. The first-order chi connectivity index (χ1) is 13.5. The Kier molecular flexibility index (Phi) is 8.12. The molecule has 2 amide bonds. The van der Waals surface area contributed by atoms with E-state index in [9.17, 15) is 9.59 Å². The minimum Gasteiger partial charge on any atom is -0.399 e. The topological polar surface area (TPSA) is 69.9 Å². The van der Waals surface area contributed by atoms with Crippen LogP contribution >= 0.6 is 24.8 Å². The molecule has 2 N–H and O–H groups in total. The summed E-state index contributed by atoms with van der Waals surface area (Å²) in [6.45, 7) is 5.73. The number of fused-ring (bicyclic) bond motifs is 1. The van der Waals surface area contributed by atoms with Gasteiger partial charge in [0.2, 0.25) is 5.91 Å². The lowest BCUT2D eigenvalue weighted by Gasteiger charge is -2.35. The van der Waals surface area contributed by atoms with E-state index in [4.69, 9.17) is 5.73 Å². The third-order valence-corrected chi connectivity index (χ3v) is 5.70. The Morgan fingerprint density at radius 3 is 2.40 bits per heavy atom. The molecule has 0 saturated carbocycles. The van der Waals surface area contributed by atoms with Gasteiger partial charge < -0.3 is 15.5 Å². The Bertz CT molecular complexity index is 914. The summed E-state index contributed by atoms with van der Waals surface area (Å²) in [7, 11) is 0. The minimum absolute atomic E-state index is 0. The number of halogens is 2. The van der Waals surface area contributed by atoms with Gasteiger partial charge in [-0.3, -0.25) is 14.5 Å². The van der Waals surface area contributed by atoms with Gasteiger partial charge >= 0.3 is 0 Å². The third kappa shape index (κ3) is 4.89. The lowest BCUT2D eigenvalue weighted by Crippen LogP contribution is -2.51. The molecule has 0 atom stereocenters. The van der Waals surface area contributed by atoms with Crippen LogP contribution in [-0.4, -0.2) is 60.9 Å². The minimum atomic E-state index is 0. The number of nitrogen functional groups attached to an aromatic ring is 1. The van der Waals surface area contributed by atoms with Gasteiger partial charge in [-0.25, -0.2) is 0 Å². The number of piperazine rings is 1. The van der Waals surface area contributed by atoms with E-state index in [1.54, 1.807) is 6.07 Å². The van der Waals surface area contributed by atoms with E-state index in [-0.39, 0.29) is 36.6 Å². The van der Waals surface area contributed by atoms with Gasteiger partial charge in [0.25, 0.3) is 5.91 Å². The second-order valence-electron chi connectivity index (χ2n) is 7.57. The number of hydrogen-bond acceptors (Lipinski definition) is 4. The standard InChI is InChI=1S/C22H26N4O2.2ClH/c1-16-6-7-18(23)14-19(16)22(28)25-12-10-24(11-13-25)15-21(27)26-9-8-17-4-2-3-5-20(17)26;;/h2-7,14H,8-13,15,23H2,1H3;2*1H. The summed E-state index contributed by atoms with van der Waals surface area (Å²) < 4.78 is 0. The van der Waals surface area contributed by atoms with Gasteiger partial charge in [-0.1, -0.05) is 24.3 Å². The van der Waals surface area contributed by atoms with Crippen molar-refractivity contribution in [2.24, 2.45) is 0 Å². The van der Waals surface area contributed by atoms with Gasteiger partial charge in [0.1, 0.15) is 0 Å². The van der Waals surface area contributed by atoms with Crippen LogP contribution in [0.3, 0.4) is 0 Å². The molecule has 0 bridgehead atoms. The Morgan fingerprint density at radius 1 is 0.967 bits per heavy atom. The molecule has 2 aromatic rings. The second-order valence-corrected chi connectivity index (χ2v) is 7.57. The predicted molar refractivity (Wildman–Crippen MR) is 125 cm³/mol. The van der Waals surface area contributed by atoms with Gasteiger partial charge in [0.05, 0.1) is 6.54 Å². The maximum absolute atomic E-state index is 12.8. The molecule has 1 fully saturated rings. The summed E-state index contributed by atoms with van der Waals surface area (Å²) in [5, 5.41) is 0. The molecular formula is C22H28Cl2N4O2. The van der Waals surface area contributed by atoms with Crippen LogP contribution in [0.15, 0.2) is 42.5 Å². The van der Waals surface area contributed by atoms with Crippen molar-refractivity contribution in [2.75, 3.05) is 49.9 Å². The SMILES string of the molecule is Cc1ccc(N)cc1C(=O)N1CCN(CC(=O)N2CCc3ccccc32)CC1.Cl.Cl. The van der Waals surface area contributed by atoms with Crippen LogP contribution in [0.5, 0.6) is 0 Å². The largest absolute Gasteiger partial charge is 0.399 e. The normalized spacial score (nSPS) is 15.8. The van der Waals surface area contributed by atoms with E-state index < -0.39 is 0 Å². The highest BCUT2D eigenvalue weighted by Gasteiger charge is 2.28. The number of anilines is 2. The molecule has 2 heterocycles. The number of amides is 2. The van der Waals surface area contributed by atoms with Crippen LogP contribution in [0.1, 0.15) is 21.5 Å². The van der Waals surface area contributed by atoms with Crippen molar-refractivity contribution in [3.05, 3.63) is 59.2 Å². The summed E-state index contributed by atoms with van der Waals surface area (Å²) in [5.74, 6) is 0.153. The number of benzene rings is 2. The highest BCUT2D eigenvalue weighted by Crippen LogP contribution is 2.27. The molecule has 0 aliphatic carbocycles. The molecule has 1 saturated heterocycles. The molecule has 0 unspecified atom stereocenters. The van der Waals surface area contributed by atoms with Crippen LogP contribution in [0.2, 0.25) is 0 Å². The Balaban J connectivity index is 0.00000160. The third-order valence-electron chi connectivity index (χ3n) is 5.70. The van der Waals surface area contributed by atoms with Gasteiger partial charge in [-0.15, -0.1) is 24.8 Å². The maximum atomic E-state index is 12.8. The number of para-hydroxylation sites is 1. The summed E-state index contributed by atoms with van der Waals surface area (Å²) in [4.78, 5) is 31.5. The molecule has 8 heteroatoms. The fourth-order valence-corrected chi connectivity index (χ4v) is 4.02. The molecule has 0 radical (unpaired) electrons. The van der Waals surface area contributed by atoms with Crippen molar-refractivity contribution < 1.29 is 9.59 Å². The van der Waals surface area contributed by atoms with E-state index in [0.29, 0.717) is 44.0 Å². The van der Waals surface area contributed by atoms with Crippen molar-refractivity contribution in [3.8, 4) is 0 Å². The summed E-state index contributed by atoms with van der Waals surface area (Å²) in [5.41, 5.74) is 10.3. The summed E-state index contributed by atoms with van der Waals surface area (Å²) in [6, 6.07) is 13.5. The fraction of sp³-hybridized carbons (Fsp3) is 0.364. The molecule has 2 aliphatic heterocycles. The molecule has 2 aromatic carbocycles. The molecule has 162 valence electrons. The van der Waals surface area contributed by atoms with Gasteiger partial charge in [0.15, 0.2) is 0 Å². The lowest BCUT2D eigenvalue weighted by atomic mass is 10.1. The van der Waals surface area contributed by atoms with Crippen LogP contribution < -0.4 is 10.6 Å².